The number of rotatable bonds is 1. The van der Waals surface area contributed by atoms with Gasteiger partial charge >= 0.3 is 0 Å². The van der Waals surface area contributed by atoms with Gasteiger partial charge in [0, 0.05) is 0 Å². The minimum atomic E-state index is -4.08. The molecule has 0 atom stereocenters. The molecule has 0 aliphatic heterocycles. The Hall–Kier alpha value is -0.950. The molecule has 5 nitrogen and oxygen atoms in total. The van der Waals surface area contributed by atoms with Crippen LogP contribution in [0.3, 0.4) is 0 Å². The maximum atomic E-state index is 10.9. The van der Waals surface area contributed by atoms with Crippen LogP contribution in [0, 0.1) is 20.8 Å². The Labute approximate surface area is 89.1 Å². The first kappa shape index (κ1) is 16.5. The predicted molar refractivity (Wildman–Crippen MR) is 57.7 cm³/mol. The van der Waals surface area contributed by atoms with Gasteiger partial charge < -0.3 is 11.0 Å². The molecule has 0 saturated heterocycles. The Kier molecular flexibility index (Phi) is 5.74. The van der Waals surface area contributed by atoms with Crippen molar-refractivity contribution in [2.24, 2.45) is 0 Å². The van der Waals surface area contributed by atoms with Crippen LogP contribution < -0.4 is 0 Å². The lowest BCUT2D eigenvalue weighted by Crippen LogP contribution is -2.04. The summed E-state index contributed by atoms with van der Waals surface area (Å²) in [6.07, 6.45) is 0. The summed E-state index contributed by atoms with van der Waals surface area (Å²) in [5.74, 6) is 0. The Morgan fingerprint density at radius 3 is 1.60 bits per heavy atom. The first-order chi connectivity index (χ1) is 5.82. The fraction of sp³-hybridized carbons (Fsp3) is 0.333. The maximum Gasteiger partial charge on any atom is 0.295 e. The molecule has 0 aliphatic rings. The molecule has 5 N–H and O–H groups in total. The van der Waals surface area contributed by atoms with E-state index in [2.05, 4.69) is 0 Å². The first-order valence-corrected chi connectivity index (χ1v) is 5.31. The first-order valence-electron chi connectivity index (χ1n) is 3.87. The normalized spacial score (nSPS) is 10.1. The molecule has 1 rings (SSSR count). The summed E-state index contributed by atoms with van der Waals surface area (Å²) >= 11 is 0. The van der Waals surface area contributed by atoms with Crippen molar-refractivity contribution in [3.8, 4) is 0 Å². The van der Waals surface area contributed by atoms with Gasteiger partial charge in [0.15, 0.2) is 0 Å². The number of hydrogen-bond acceptors (Lipinski definition) is 2. The molecule has 0 aliphatic carbocycles. The van der Waals surface area contributed by atoms with Crippen molar-refractivity contribution in [1.82, 2.24) is 0 Å². The summed E-state index contributed by atoms with van der Waals surface area (Å²) in [5.41, 5.74) is 2.16. The molecule has 88 valence electrons. The summed E-state index contributed by atoms with van der Waals surface area (Å²) in [7, 11) is -4.08. The fourth-order valence-corrected chi connectivity index (χ4v) is 2.51. The van der Waals surface area contributed by atoms with Gasteiger partial charge in [-0.2, -0.15) is 8.42 Å². The third-order valence-electron chi connectivity index (χ3n) is 1.86. The lowest BCUT2D eigenvalue weighted by molar-refractivity contribution is 0.482. The molecule has 0 bridgehead atoms. The smallest absolute Gasteiger partial charge is 0.295 e. The summed E-state index contributed by atoms with van der Waals surface area (Å²) in [6.45, 7) is 5.22. The van der Waals surface area contributed by atoms with Gasteiger partial charge in [-0.3, -0.25) is 4.55 Å². The van der Waals surface area contributed by atoms with E-state index in [-0.39, 0.29) is 15.8 Å². The molecule has 1 aromatic carbocycles. The fourth-order valence-electron chi connectivity index (χ4n) is 1.57. The van der Waals surface area contributed by atoms with Gasteiger partial charge in [0.25, 0.3) is 10.1 Å². The molecular weight excluding hydrogens is 220 g/mol. The largest absolute Gasteiger partial charge is 0.412 e. The molecule has 1 aromatic rings. The van der Waals surface area contributed by atoms with Gasteiger partial charge in [0.2, 0.25) is 0 Å². The van der Waals surface area contributed by atoms with E-state index in [1.807, 2.05) is 6.92 Å². The van der Waals surface area contributed by atoms with E-state index >= 15 is 0 Å². The molecule has 15 heavy (non-hydrogen) atoms. The van der Waals surface area contributed by atoms with Gasteiger partial charge in [0.05, 0.1) is 4.90 Å². The minimum Gasteiger partial charge on any atom is -0.412 e. The van der Waals surface area contributed by atoms with Crippen molar-refractivity contribution in [2.75, 3.05) is 0 Å². The van der Waals surface area contributed by atoms with Gasteiger partial charge in [-0.25, -0.2) is 0 Å². The van der Waals surface area contributed by atoms with Gasteiger partial charge in [0.1, 0.15) is 0 Å². The third-order valence-corrected chi connectivity index (χ3v) is 3.02. The molecule has 0 heterocycles. The molecule has 0 unspecified atom stereocenters. The lowest BCUT2D eigenvalue weighted by Gasteiger charge is -2.07. The van der Waals surface area contributed by atoms with Crippen LogP contribution in [0.2, 0.25) is 0 Å². The highest BCUT2D eigenvalue weighted by molar-refractivity contribution is 7.86. The Balaban J connectivity index is 0. The van der Waals surface area contributed by atoms with Crippen LogP contribution in [0.5, 0.6) is 0 Å². The SMILES string of the molecule is Cc1cc(C)c(S(=O)(=O)O)c(C)c1.O.O. The molecular formula is C9H16O5S. The van der Waals surface area contributed by atoms with Crippen molar-refractivity contribution >= 4 is 10.1 Å². The summed E-state index contributed by atoms with van der Waals surface area (Å²) < 4.78 is 30.8. The Morgan fingerprint density at radius 1 is 1.00 bits per heavy atom. The van der Waals surface area contributed by atoms with Crippen LogP contribution >= 0.6 is 0 Å². The average molecular weight is 236 g/mol. The van der Waals surface area contributed by atoms with Gasteiger partial charge in [-0.1, -0.05) is 17.7 Å². The van der Waals surface area contributed by atoms with Crippen molar-refractivity contribution in [3.05, 3.63) is 28.8 Å². The molecule has 0 radical (unpaired) electrons. The summed E-state index contributed by atoms with van der Waals surface area (Å²) in [6, 6.07) is 3.46. The van der Waals surface area contributed by atoms with Crippen molar-refractivity contribution in [1.29, 1.82) is 0 Å². The predicted octanol–water partition coefficient (Wildman–Crippen LogP) is 0.209. The van der Waals surface area contributed by atoms with Crippen LogP contribution in [0.1, 0.15) is 16.7 Å². The molecule has 0 saturated carbocycles. The number of benzene rings is 1. The maximum absolute atomic E-state index is 10.9. The van der Waals surface area contributed by atoms with E-state index in [1.165, 1.54) is 0 Å². The highest BCUT2D eigenvalue weighted by atomic mass is 32.2. The standard InChI is InChI=1S/C9H12O3S.2H2O/c1-6-4-7(2)9(8(3)5-6)13(10,11)12;;/h4-5H,1-3H3,(H,10,11,12);2*1H2. The van der Waals surface area contributed by atoms with Crippen LogP contribution in [0.4, 0.5) is 0 Å². The van der Waals surface area contributed by atoms with Gasteiger partial charge in [-0.05, 0) is 31.9 Å². The molecule has 0 spiro atoms. The third kappa shape index (κ3) is 3.60. The molecule has 0 amide bonds. The van der Waals surface area contributed by atoms with E-state index < -0.39 is 10.1 Å². The second-order valence-corrected chi connectivity index (χ2v) is 4.56. The van der Waals surface area contributed by atoms with Crippen LogP contribution in [-0.2, 0) is 10.1 Å². The van der Waals surface area contributed by atoms with Crippen molar-refractivity contribution in [3.63, 3.8) is 0 Å². The zero-order chi connectivity index (χ0) is 10.2. The average Bonchev–Trinajstić information content (AvgIpc) is 1.78. The topological polar surface area (TPSA) is 117 Å². The second-order valence-electron chi connectivity index (χ2n) is 3.20. The molecule has 0 fully saturated rings. The lowest BCUT2D eigenvalue weighted by atomic mass is 10.1. The van der Waals surface area contributed by atoms with E-state index in [1.54, 1.807) is 26.0 Å². The van der Waals surface area contributed by atoms with Crippen molar-refractivity contribution < 1.29 is 23.9 Å². The minimum absolute atomic E-state index is 0. The Bertz CT molecular complexity index is 413. The molecule has 0 aromatic heterocycles. The van der Waals surface area contributed by atoms with E-state index in [4.69, 9.17) is 4.55 Å². The highest BCUT2D eigenvalue weighted by Gasteiger charge is 2.15. The van der Waals surface area contributed by atoms with Crippen LogP contribution in [0.25, 0.3) is 0 Å². The Morgan fingerprint density at radius 2 is 1.33 bits per heavy atom. The summed E-state index contributed by atoms with van der Waals surface area (Å²) in [4.78, 5) is 0.0260. The zero-order valence-corrected chi connectivity index (χ0v) is 9.64. The van der Waals surface area contributed by atoms with Gasteiger partial charge in [-0.15, -0.1) is 0 Å². The quantitative estimate of drug-likeness (QED) is 0.702. The van der Waals surface area contributed by atoms with E-state index in [0.717, 1.165) is 5.56 Å². The van der Waals surface area contributed by atoms with Crippen molar-refractivity contribution in [2.45, 2.75) is 25.7 Å². The monoisotopic (exact) mass is 236 g/mol. The number of aryl methyl sites for hydroxylation is 3. The van der Waals surface area contributed by atoms with E-state index in [9.17, 15) is 8.42 Å². The van der Waals surface area contributed by atoms with E-state index in [0.29, 0.717) is 11.1 Å². The number of hydrogen-bond donors (Lipinski definition) is 1. The van der Waals surface area contributed by atoms with Crippen LogP contribution in [0.15, 0.2) is 17.0 Å². The van der Waals surface area contributed by atoms with Crippen LogP contribution in [-0.4, -0.2) is 23.9 Å². The highest BCUT2D eigenvalue weighted by Crippen LogP contribution is 2.20. The summed E-state index contributed by atoms with van der Waals surface area (Å²) in [5, 5.41) is 0. The molecule has 6 heteroatoms. The second kappa shape index (κ2) is 5.22. The zero-order valence-electron chi connectivity index (χ0n) is 8.83.